The Kier molecular flexibility index (Phi) is 47.9. The second-order valence-corrected chi connectivity index (χ2v) is 17.5. The zero-order valence-corrected chi connectivity index (χ0v) is 41.4. The van der Waals surface area contributed by atoms with Gasteiger partial charge in [0.2, 0.25) is 0 Å². The number of aliphatic carboxylic acids is 2. The van der Waals surface area contributed by atoms with Crippen molar-refractivity contribution < 1.29 is 84.3 Å². The van der Waals surface area contributed by atoms with E-state index in [0.717, 1.165) is 62.2 Å². The molecular formula is C43H86O17S4. The van der Waals surface area contributed by atoms with Crippen molar-refractivity contribution in [3.8, 4) is 0 Å². The smallest absolute Gasteiger partial charge is 0.329 e. The first-order valence-electron chi connectivity index (χ1n) is 23.1. The topological polar surface area (TPSA) is 283 Å². The number of hydrogen-bond acceptors (Lipinski definition) is 19. The number of thiol groups is 4. The molecule has 0 aromatic heterocycles. The number of unbranched alkanes of at least 4 members (excludes halogenated alkanes) is 17. The lowest BCUT2D eigenvalue weighted by atomic mass is 9.99. The van der Waals surface area contributed by atoms with Gasteiger partial charge in [0.05, 0.1) is 19.8 Å². The van der Waals surface area contributed by atoms with E-state index in [4.69, 9.17) is 44.1 Å². The van der Waals surface area contributed by atoms with Crippen LogP contribution in [0.25, 0.3) is 0 Å². The Hall–Kier alpha value is -0.180. The van der Waals surface area contributed by atoms with Crippen molar-refractivity contribution >= 4 is 62.5 Å². The fraction of sp³-hybridized carbons (Fsp3) is 0.953. The molecule has 384 valence electrons. The summed E-state index contributed by atoms with van der Waals surface area (Å²) in [5.74, 6) is 1.72. The fourth-order valence-electron chi connectivity index (χ4n) is 6.33. The Labute approximate surface area is 404 Å². The normalized spacial score (nSPS) is 25.2. The third kappa shape index (κ3) is 35.9. The third-order valence-electron chi connectivity index (χ3n) is 10.1. The molecule has 2 fully saturated rings. The van der Waals surface area contributed by atoms with Gasteiger partial charge in [-0.05, 0) is 55.8 Å². The summed E-state index contributed by atoms with van der Waals surface area (Å²) < 4.78 is 25.6. The monoisotopic (exact) mass is 1000 g/mol. The lowest BCUT2D eigenvalue weighted by molar-refractivity contribution is -0.301. The van der Waals surface area contributed by atoms with Gasteiger partial charge >= 0.3 is 11.9 Å². The molecule has 10 unspecified atom stereocenters. The molecule has 0 aliphatic carbocycles. The van der Waals surface area contributed by atoms with Crippen molar-refractivity contribution in [3.63, 3.8) is 0 Å². The van der Waals surface area contributed by atoms with Crippen LogP contribution < -0.4 is 0 Å². The molecule has 2 aliphatic rings. The van der Waals surface area contributed by atoms with Crippen molar-refractivity contribution in [3.05, 3.63) is 0 Å². The molecule has 64 heavy (non-hydrogen) atoms. The molecule has 0 saturated carbocycles. The van der Waals surface area contributed by atoms with Crippen LogP contribution in [-0.2, 0) is 33.3 Å². The molecule has 2 saturated heterocycles. The molecule has 0 aromatic rings. The summed E-state index contributed by atoms with van der Waals surface area (Å²) in [5.41, 5.74) is 0. The standard InChI is InChI=1S/C13H26O3S.C11H22O6S.C11H22O2S.C8H16O6S/c14-13(15)12-16-10-8-6-4-2-1-3-5-7-9-11-17;12-6-7-8(13)9(14)10(15)11(17-7)16-4-2-1-3-5-18;12-11(13)9-7-5-3-1-2-4-6-8-10-14;9-3-4-5(10)6(11)7(12)8(14-4)13-1-2-15/h17H,1-12H2,(H,14,15);7-15,18H,1-6H2;14H,1-10H2,(H,12,13);4-12,15H,1-3H2. The second kappa shape index (κ2) is 46.5. The summed E-state index contributed by atoms with van der Waals surface area (Å²) in [6.45, 7) is 0.151. The number of aliphatic hydroxyl groups excluding tert-OH is 8. The molecule has 10 N–H and O–H groups in total. The molecule has 0 amide bonds. The Morgan fingerprint density at radius 3 is 1.11 bits per heavy atom. The third-order valence-corrected chi connectivity index (χ3v) is 11.3. The van der Waals surface area contributed by atoms with Crippen LogP contribution in [0.1, 0.15) is 135 Å². The maximum absolute atomic E-state index is 10.2. The molecule has 17 nitrogen and oxygen atoms in total. The van der Waals surface area contributed by atoms with Gasteiger partial charge in [-0.3, -0.25) is 4.79 Å². The zero-order valence-electron chi connectivity index (χ0n) is 37.8. The summed E-state index contributed by atoms with van der Waals surface area (Å²) in [4.78, 5) is 20.4. The van der Waals surface area contributed by atoms with Crippen LogP contribution in [0, 0.1) is 0 Å². The minimum absolute atomic E-state index is 0.162. The van der Waals surface area contributed by atoms with E-state index in [9.17, 15) is 40.2 Å². The zero-order chi connectivity index (χ0) is 48.4. The molecule has 0 aromatic carbocycles. The molecule has 0 radical (unpaired) electrons. The Morgan fingerprint density at radius 1 is 0.406 bits per heavy atom. The van der Waals surface area contributed by atoms with Gasteiger partial charge in [0.15, 0.2) is 12.6 Å². The van der Waals surface area contributed by atoms with Crippen LogP contribution in [0.5, 0.6) is 0 Å². The predicted molar refractivity (Wildman–Crippen MR) is 258 cm³/mol. The summed E-state index contributed by atoms with van der Waals surface area (Å²) in [6.07, 6.45) is 11.8. The van der Waals surface area contributed by atoms with Gasteiger partial charge in [-0.25, -0.2) is 4.79 Å². The largest absolute Gasteiger partial charge is 0.481 e. The van der Waals surface area contributed by atoms with Crippen molar-refractivity contribution in [1.82, 2.24) is 0 Å². The highest BCUT2D eigenvalue weighted by Crippen LogP contribution is 2.23. The van der Waals surface area contributed by atoms with Gasteiger partial charge in [-0.1, -0.05) is 89.9 Å². The van der Waals surface area contributed by atoms with E-state index in [2.05, 4.69) is 50.5 Å². The van der Waals surface area contributed by atoms with Crippen LogP contribution in [0.3, 0.4) is 0 Å². The maximum atomic E-state index is 10.2. The lowest BCUT2D eigenvalue weighted by Gasteiger charge is -2.39. The number of hydrogen-bond donors (Lipinski definition) is 14. The Bertz CT molecular complexity index is 1040. The van der Waals surface area contributed by atoms with E-state index in [-0.39, 0.29) is 13.2 Å². The SMILES string of the molecule is O=C(O)CCCCCCCCCCS.O=C(O)COCCCCCCCCCCCS.OCC1OC(OCCCCCS)C(O)C(O)C1O.OCC1OC(OCCS)C(O)C(O)C1O. The van der Waals surface area contributed by atoms with E-state index in [0.29, 0.717) is 25.4 Å². The second-order valence-electron chi connectivity index (χ2n) is 15.7. The molecule has 0 spiro atoms. The molecule has 0 bridgehead atoms. The summed E-state index contributed by atoms with van der Waals surface area (Å²) in [5, 5.41) is 91.6. The molecule has 2 rings (SSSR count). The van der Waals surface area contributed by atoms with Gasteiger partial charge in [-0.2, -0.15) is 50.5 Å². The lowest BCUT2D eigenvalue weighted by Crippen LogP contribution is -2.59. The van der Waals surface area contributed by atoms with E-state index in [1.54, 1.807) is 0 Å². The highest BCUT2D eigenvalue weighted by molar-refractivity contribution is 7.80. The van der Waals surface area contributed by atoms with E-state index in [1.165, 1.54) is 83.5 Å². The first-order valence-corrected chi connectivity index (χ1v) is 25.6. The summed E-state index contributed by atoms with van der Waals surface area (Å²) in [7, 11) is 0. The van der Waals surface area contributed by atoms with Crippen molar-refractivity contribution in [2.45, 2.75) is 196 Å². The molecule has 2 heterocycles. The van der Waals surface area contributed by atoms with E-state index in [1.807, 2.05) is 0 Å². The van der Waals surface area contributed by atoms with Gasteiger partial charge in [0.1, 0.15) is 55.4 Å². The fourth-order valence-corrected chi connectivity index (χ4v) is 7.11. The number of carboxylic acids is 2. The number of carboxylic acid groups (broad SMARTS) is 2. The average molecular weight is 1000 g/mol. The van der Waals surface area contributed by atoms with Crippen LogP contribution >= 0.6 is 50.5 Å². The highest BCUT2D eigenvalue weighted by Gasteiger charge is 2.45. The van der Waals surface area contributed by atoms with Crippen LogP contribution in [0.4, 0.5) is 0 Å². The van der Waals surface area contributed by atoms with Gasteiger partial charge in [-0.15, -0.1) is 0 Å². The first kappa shape index (κ1) is 65.9. The predicted octanol–water partition coefficient (Wildman–Crippen LogP) is 3.68. The van der Waals surface area contributed by atoms with Crippen LogP contribution in [-0.4, -0.2) is 187 Å². The van der Waals surface area contributed by atoms with E-state index < -0.39 is 86.6 Å². The van der Waals surface area contributed by atoms with Crippen molar-refractivity contribution in [2.24, 2.45) is 0 Å². The van der Waals surface area contributed by atoms with Gasteiger partial charge in [0.25, 0.3) is 0 Å². The van der Waals surface area contributed by atoms with E-state index >= 15 is 0 Å². The number of carbonyl (C=O) groups is 2. The minimum Gasteiger partial charge on any atom is -0.481 e. The molecular weight excluding hydrogens is 917 g/mol. The summed E-state index contributed by atoms with van der Waals surface area (Å²) >= 11 is 16.3. The Balaban J connectivity index is 0. The van der Waals surface area contributed by atoms with Crippen molar-refractivity contribution in [1.29, 1.82) is 0 Å². The van der Waals surface area contributed by atoms with Gasteiger partial charge in [0, 0.05) is 25.4 Å². The molecule has 10 atom stereocenters. The number of aliphatic hydroxyl groups is 8. The highest BCUT2D eigenvalue weighted by atomic mass is 32.1. The first-order chi connectivity index (χ1) is 30.8. The average Bonchev–Trinajstić information content (AvgIpc) is 3.28. The summed E-state index contributed by atoms with van der Waals surface area (Å²) in [6, 6.07) is 0. The number of ether oxygens (including phenoxy) is 5. The van der Waals surface area contributed by atoms with Crippen molar-refractivity contribution in [2.75, 3.05) is 62.7 Å². The minimum atomic E-state index is -1.39. The molecule has 21 heteroatoms. The quantitative estimate of drug-likeness (QED) is 0.0323. The maximum Gasteiger partial charge on any atom is 0.329 e. The van der Waals surface area contributed by atoms with Gasteiger partial charge < -0.3 is 74.7 Å². The molecule has 2 aliphatic heterocycles. The number of rotatable bonds is 34. The van der Waals surface area contributed by atoms with Crippen LogP contribution in [0.15, 0.2) is 0 Å². The van der Waals surface area contributed by atoms with Crippen LogP contribution in [0.2, 0.25) is 0 Å². The Morgan fingerprint density at radius 2 is 0.750 bits per heavy atom.